The fourth-order valence-electron chi connectivity index (χ4n) is 7.56. The second-order valence-corrected chi connectivity index (χ2v) is 12.9. The monoisotopic (exact) mass is 668 g/mol. The van der Waals surface area contributed by atoms with Crippen LogP contribution in [0, 0.1) is 0 Å². The Labute approximate surface area is 301 Å². The molecule has 246 valence electrons. The Bertz CT molecular complexity index is 2510. The van der Waals surface area contributed by atoms with Gasteiger partial charge in [0, 0.05) is 46.0 Å². The first-order valence-electron chi connectivity index (χ1n) is 17.5. The molecule has 0 aliphatic rings. The van der Waals surface area contributed by atoms with E-state index in [0.29, 0.717) is 0 Å². The summed E-state index contributed by atoms with van der Waals surface area (Å²) in [6.45, 7) is 0. The SMILES string of the molecule is c1ccc(N(c2ccccc2)c2ccc(-c3cc4cccc5c(-c6ccc(N(c7ccccc7)c7ccccc7)o6)cc6cccc3c6c45)o2)cc1. The van der Waals surface area contributed by atoms with Crippen molar-refractivity contribution >= 4 is 66.8 Å². The number of hydrogen-bond donors (Lipinski definition) is 0. The molecule has 2 heterocycles. The molecular formula is C48H32N2O2. The van der Waals surface area contributed by atoms with Crippen molar-refractivity contribution in [3.05, 3.63) is 194 Å². The topological polar surface area (TPSA) is 32.8 Å². The maximum atomic E-state index is 6.77. The molecule has 4 heteroatoms. The van der Waals surface area contributed by atoms with E-state index in [9.17, 15) is 0 Å². The summed E-state index contributed by atoms with van der Waals surface area (Å²) < 4.78 is 13.5. The van der Waals surface area contributed by atoms with Crippen molar-refractivity contribution in [1.82, 2.24) is 0 Å². The average molecular weight is 669 g/mol. The summed E-state index contributed by atoms with van der Waals surface area (Å²) in [7, 11) is 0. The van der Waals surface area contributed by atoms with Crippen LogP contribution < -0.4 is 9.80 Å². The quantitative estimate of drug-likeness (QED) is 0.151. The van der Waals surface area contributed by atoms with Crippen LogP contribution in [0.25, 0.3) is 55.0 Å². The Morgan fingerprint density at radius 2 is 0.654 bits per heavy atom. The molecule has 0 unspecified atom stereocenters. The van der Waals surface area contributed by atoms with Crippen LogP contribution in [0.4, 0.5) is 34.5 Å². The van der Waals surface area contributed by atoms with Crippen LogP contribution in [0.3, 0.4) is 0 Å². The third-order valence-corrected chi connectivity index (χ3v) is 9.84. The van der Waals surface area contributed by atoms with Gasteiger partial charge in [-0.2, -0.15) is 0 Å². The van der Waals surface area contributed by atoms with E-state index in [1.807, 2.05) is 24.3 Å². The molecule has 10 aromatic rings. The van der Waals surface area contributed by atoms with Crippen molar-refractivity contribution in [3.8, 4) is 22.6 Å². The lowest BCUT2D eigenvalue weighted by atomic mass is 9.88. The molecule has 0 aliphatic heterocycles. The van der Waals surface area contributed by atoms with Gasteiger partial charge in [-0.3, -0.25) is 9.80 Å². The van der Waals surface area contributed by atoms with Crippen LogP contribution in [0.1, 0.15) is 0 Å². The molecule has 0 atom stereocenters. The molecule has 4 nitrogen and oxygen atoms in total. The summed E-state index contributed by atoms with van der Waals surface area (Å²) in [6, 6.07) is 67.3. The van der Waals surface area contributed by atoms with E-state index in [1.54, 1.807) is 0 Å². The molecule has 0 N–H and O–H groups in total. The molecule has 0 saturated carbocycles. The van der Waals surface area contributed by atoms with Gasteiger partial charge in [0.15, 0.2) is 0 Å². The highest BCUT2D eigenvalue weighted by Gasteiger charge is 2.22. The number of benzene rings is 8. The summed E-state index contributed by atoms with van der Waals surface area (Å²) in [6.07, 6.45) is 0. The van der Waals surface area contributed by atoms with E-state index < -0.39 is 0 Å². The molecule has 8 aromatic carbocycles. The van der Waals surface area contributed by atoms with Crippen molar-refractivity contribution in [2.75, 3.05) is 9.80 Å². The molecular weight excluding hydrogens is 637 g/mol. The number of furan rings is 2. The first-order chi connectivity index (χ1) is 25.8. The Kier molecular flexibility index (Phi) is 7.10. The van der Waals surface area contributed by atoms with Crippen LogP contribution in [-0.4, -0.2) is 0 Å². The van der Waals surface area contributed by atoms with Gasteiger partial charge < -0.3 is 8.83 Å². The van der Waals surface area contributed by atoms with Gasteiger partial charge in [0.1, 0.15) is 11.5 Å². The first kappa shape index (κ1) is 29.8. The van der Waals surface area contributed by atoms with Gasteiger partial charge in [-0.25, -0.2) is 0 Å². The molecule has 52 heavy (non-hydrogen) atoms. The van der Waals surface area contributed by atoms with Crippen molar-refractivity contribution in [2.24, 2.45) is 0 Å². The minimum Gasteiger partial charge on any atom is -0.440 e. The molecule has 10 rings (SSSR count). The molecule has 0 fully saturated rings. The van der Waals surface area contributed by atoms with Gasteiger partial charge >= 0.3 is 0 Å². The zero-order valence-electron chi connectivity index (χ0n) is 28.2. The Morgan fingerprint density at radius 3 is 1.00 bits per heavy atom. The average Bonchev–Trinajstić information content (AvgIpc) is 3.90. The zero-order chi connectivity index (χ0) is 34.4. The standard InChI is InChI=1S/C48H32N2O2/c1-5-17-35(18-6-1)49(36-19-7-2-8-20-36)45-29-27-43(51-45)41-31-33-15-14-26-40-42(32-34-16-13-25-39(41)47(34)48(33)40)44-28-30-46(52-44)50(37-21-9-3-10-22-37)38-23-11-4-12-24-38/h1-32H. The third kappa shape index (κ3) is 5.00. The van der Waals surface area contributed by atoms with Gasteiger partial charge in [-0.15, -0.1) is 0 Å². The van der Waals surface area contributed by atoms with Crippen LogP contribution >= 0.6 is 0 Å². The lowest BCUT2D eigenvalue weighted by molar-refractivity contribution is 0.588. The highest BCUT2D eigenvalue weighted by molar-refractivity contribution is 6.28. The van der Waals surface area contributed by atoms with E-state index >= 15 is 0 Å². The lowest BCUT2D eigenvalue weighted by Crippen LogP contribution is -2.08. The smallest absolute Gasteiger partial charge is 0.205 e. The summed E-state index contributed by atoms with van der Waals surface area (Å²) in [5.74, 6) is 3.16. The van der Waals surface area contributed by atoms with E-state index in [4.69, 9.17) is 8.83 Å². The van der Waals surface area contributed by atoms with Gasteiger partial charge in [0.25, 0.3) is 0 Å². The van der Waals surface area contributed by atoms with Gasteiger partial charge in [-0.05, 0) is 105 Å². The lowest BCUT2D eigenvalue weighted by Gasteiger charge is -2.22. The first-order valence-corrected chi connectivity index (χ1v) is 17.5. The minimum absolute atomic E-state index is 0.758. The van der Waals surface area contributed by atoms with E-state index in [1.165, 1.54) is 10.8 Å². The van der Waals surface area contributed by atoms with Crippen molar-refractivity contribution < 1.29 is 8.83 Å². The molecule has 0 amide bonds. The largest absolute Gasteiger partial charge is 0.440 e. The van der Waals surface area contributed by atoms with Crippen LogP contribution in [-0.2, 0) is 0 Å². The molecule has 0 saturated heterocycles. The fraction of sp³-hybridized carbons (Fsp3) is 0. The Balaban J connectivity index is 1.10. The predicted molar refractivity (Wildman–Crippen MR) is 215 cm³/mol. The van der Waals surface area contributed by atoms with Crippen LogP contribution in [0.2, 0.25) is 0 Å². The molecule has 0 aliphatic carbocycles. The van der Waals surface area contributed by atoms with Gasteiger partial charge in [0.2, 0.25) is 11.8 Å². The molecule has 0 bridgehead atoms. The van der Waals surface area contributed by atoms with Gasteiger partial charge in [0.05, 0.1) is 0 Å². The number of rotatable bonds is 8. The second kappa shape index (κ2) is 12.4. The van der Waals surface area contributed by atoms with Crippen LogP contribution in [0.5, 0.6) is 0 Å². The predicted octanol–water partition coefficient (Wildman–Crippen LogP) is 14.0. The Morgan fingerprint density at radius 1 is 0.308 bits per heavy atom. The summed E-state index contributed by atoms with van der Waals surface area (Å²) >= 11 is 0. The molecule has 2 aromatic heterocycles. The third-order valence-electron chi connectivity index (χ3n) is 9.84. The Hall–Kier alpha value is -7.04. The highest BCUT2D eigenvalue weighted by Crippen LogP contribution is 2.47. The maximum absolute atomic E-state index is 6.77. The minimum atomic E-state index is 0.758. The van der Waals surface area contributed by atoms with Crippen molar-refractivity contribution in [1.29, 1.82) is 0 Å². The highest BCUT2D eigenvalue weighted by atomic mass is 16.4. The van der Waals surface area contributed by atoms with Crippen molar-refractivity contribution in [3.63, 3.8) is 0 Å². The molecule has 0 radical (unpaired) electrons. The van der Waals surface area contributed by atoms with Crippen molar-refractivity contribution in [2.45, 2.75) is 0 Å². The fourth-order valence-corrected chi connectivity index (χ4v) is 7.56. The number of nitrogens with zero attached hydrogens (tertiary/aromatic N) is 2. The zero-order valence-corrected chi connectivity index (χ0v) is 28.2. The van der Waals surface area contributed by atoms with Gasteiger partial charge in [-0.1, -0.05) is 109 Å². The summed E-state index contributed by atoms with van der Waals surface area (Å²) in [4.78, 5) is 4.31. The van der Waals surface area contributed by atoms with E-state index in [2.05, 4.69) is 180 Å². The summed E-state index contributed by atoms with van der Waals surface area (Å²) in [5.41, 5.74) is 6.27. The number of para-hydroxylation sites is 4. The normalized spacial score (nSPS) is 11.5. The molecule has 0 spiro atoms. The number of anilines is 6. The summed E-state index contributed by atoms with van der Waals surface area (Å²) in [5, 5.41) is 7.05. The van der Waals surface area contributed by atoms with E-state index in [0.717, 1.165) is 78.7 Å². The second-order valence-electron chi connectivity index (χ2n) is 12.9. The maximum Gasteiger partial charge on any atom is 0.205 e. The number of hydrogen-bond acceptors (Lipinski definition) is 4. The van der Waals surface area contributed by atoms with E-state index in [-0.39, 0.29) is 0 Å². The van der Waals surface area contributed by atoms with Crippen LogP contribution in [0.15, 0.2) is 203 Å².